The third kappa shape index (κ3) is 6.45. The van der Waals surface area contributed by atoms with E-state index in [4.69, 9.17) is 9.72 Å². The molecular weight excluding hydrogens is 530 g/mol. The van der Waals surface area contributed by atoms with Crippen LogP contribution in [-0.2, 0) is 16.1 Å². The van der Waals surface area contributed by atoms with Crippen molar-refractivity contribution in [2.24, 2.45) is 0 Å². The van der Waals surface area contributed by atoms with Crippen molar-refractivity contribution in [3.63, 3.8) is 0 Å². The van der Waals surface area contributed by atoms with Gasteiger partial charge in [-0.15, -0.1) is 0 Å². The van der Waals surface area contributed by atoms with Crippen LogP contribution in [0.2, 0.25) is 0 Å². The van der Waals surface area contributed by atoms with Crippen molar-refractivity contribution in [2.75, 3.05) is 47.9 Å². The molecule has 0 saturated carbocycles. The highest BCUT2D eigenvalue weighted by molar-refractivity contribution is 5.86. The van der Waals surface area contributed by atoms with Crippen LogP contribution in [-0.4, -0.2) is 69.8 Å². The van der Waals surface area contributed by atoms with E-state index in [1.54, 1.807) is 6.20 Å². The van der Waals surface area contributed by atoms with Crippen LogP contribution in [0.5, 0.6) is 0 Å². The van der Waals surface area contributed by atoms with Gasteiger partial charge in [-0.05, 0) is 34.5 Å². The summed E-state index contributed by atoms with van der Waals surface area (Å²) in [5, 5.41) is 15.1. The summed E-state index contributed by atoms with van der Waals surface area (Å²) in [5.41, 5.74) is 1.78. The molecule has 0 radical (unpaired) electrons. The third-order valence-corrected chi connectivity index (χ3v) is 7.16. The number of nitrogens with zero attached hydrogens (tertiary/aromatic N) is 6. The SMILES string of the molecule is O=C(O)[C@H](COCc1ccccc1)Nc1nc(-c2ccc3ccccc3c2)nc(N2CCN(c3ccccn3)CC2)n1. The number of carboxylic acid groups (broad SMARTS) is 1. The summed E-state index contributed by atoms with van der Waals surface area (Å²) >= 11 is 0. The molecule has 0 bridgehead atoms. The Hall–Kier alpha value is -5.09. The Balaban J connectivity index is 1.26. The molecule has 1 fully saturated rings. The number of anilines is 3. The summed E-state index contributed by atoms with van der Waals surface area (Å²) in [6.07, 6.45) is 1.80. The minimum Gasteiger partial charge on any atom is -0.480 e. The van der Waals surface area contributed by atoms with E-state index in [9.17, 15) is 9.90 Å². The minimum atomic E-state index is -1.05. The van der Waals surface area contributed by atoms with Crippen LogP contribution in [0.4, 0.5) is 17.7 Å². The summed E-state index contributed by atoms with van der Waals surface area (Å²) < 4.78 is 5.74. The first-order valence-electron chi connectivity index (χ1n) is 13.9. The number of ether oxygens (including phenoxy) is 1. The van der Waals surface area contributed by atoms with Gasteiger partial charge >= 0.3 is 5.97 Å². The van der Waals surface area contributed by atoms with E-state index in [0.717, 1.165) is 40.8 Å². The first-order valence-corrected chi connectivity index (χ1v) is 13.9. The molecule has 0 aliphatic carbocycles. The second kappa shape index (κ2) is 12.6. The van der Waals surface area contributed by atoms with Crippen molar-refractivity contribution in [1.82, 2.24) is 19.9 Å². The van der Waals surface area contributed by atoms with Crippen molar-refractivity contribution >= 4 is 34.5 Å². The number of carboxylic acids is 1. The van der Waals surface area contributed by atoms with Gasteiger partial charge in [-0.3, -0.25) is 0 Å². The second-order valence-electron chi connectivity index (χ2n) is 10.0. The van der Waals surface area contributed by atoms with E-state index in [1.807, 2.05) is 84.9 Å². The monoisotopic (exact) mass is 561 g/mol. The summed E-state index contributed by atoms with van der Waals surface area (Å²) in [7, 11) is 0. The molecule has 10 nitrogen and oxygen atoms in total. The number of rotatable bonds is 10. The highest BCUT2D eigenvalue weighted by Crippen LogP contribution is 2.25. The first kappa shape index (κ1) is 27.1. The summed E-state index contributed by atoms with van der Waals surface area (Å²) in [6, 6.07) is 28.6. The number of nitrogens with one attached hydrogen (secondary N) is 1. The van der Waals surface area contributed by atoms with Crippen molar-refractivity contribution in [3.8, 4) is 11.4 Å². The number of aliphatic carboxylic acids is 1. The maximum atomic E-state index is 12.2. The average Bonchev–Trinajstić information content (AvgIpc) is 3.05. The molecule has 3 heterocycles. The molecule has 1 atom stereocenters. The van der Waals surface area contributed by atoms with Crippen LogP contribution in [0.1, 0.15) is 5.56 Å². The van der Waals surface area contributed by atoms with Crippen LogP contribution in [0.25, 0.3) is 22.2 Å². The zero-order chi connectivity index (χ0) is 28.7. The Morgan fingerprint density at radius 2 is 1.57 bits per heavy atom. The van der Waals surface area contributed by atoms with Gasteiger partial charge < -0.3 is 25.0 Å². The molecule has 42 heavy (non-hydrogen) atoms. The quantitative estimate of drug-likeness (QED) is 0.253. The fourth-order valence-electron chi connectivity index (χ4n) is 4.90. The highest BCUT2D eigenvalue weighted by atomic mass is 16.5. The van der Waals surface area contributed by atoms with E-state index in [1.165, 1.54) is 0 Å². The lowest BCUT2D eigenvalue weighted by Gasteiger charge is -2.35. The number of benzene rings is 3. The molecule has 6 rings (SSSR count). The maximum absolute atomic E-state index is 12.2. The number of hydrogen-bond donors (Lipinski definition) is 2. The van der Waals surface area contributed by atoms with Crippen LogP contribution in [0, 0.1) is 0 Å². The van der Waals surface area contributed by atoms with E-state index in [0.29, 0.717) is 31.5 Å². The summed E-state index contributed by atoms with van der Waals surface area (Å²) in [4.78, 5) is 35.1. The van der Waals surface area contributed by atoms with Gasteiger partial charge in [0.25, 0.3) is 0 Å². The predicted octanol–water partition coefficient (Wildman–Crippen LogP) is 4.50. The number of hydrogen-bond acceptors (Lipinski definition) is 9. The molecule has 1 aliphatic rings. The molecule has 5 aromatic rings. The molecule has 3 aromatic carbocycles. The lowest BCUT2D eigenvalue weighted by Crippen LogP contribution is -2.47. The fraction of sp³-hybridized carbons (Fsp3) is 0.219. The normalized spacial score (nSPS) is 14.1. The summed E-state index contributed by atoms with van der Waals surface area (Å²) in [5.74, 6) is 1.03. The highest BCUT2D eigenvalue weighted by Gasteiger charge is 2.24. The van der Waals surface area contributed by atoms with Crippen LogP contribution < -0.4 is 15.1 Å². The van der Waals surface area contributed by atoms with E-state index < -0.39 is 12.0 Å². The van der Waals surface area contributed by atoms with Crippen molar-refractivity contribution in [3.05, 3.63) is 103 Å². The molecule has 1 saturated heterocycles. The van der Waals surface area contributed by atoms with Gasteiger partial charge in [0.2, 0.25) is 11.9 Å². The van der Waals surface area contributed by atoms with Gasteiger partial charge in [0.1, 0.15) is 5.82 Å². The van der Waals surface area contributed by atoms with Gasteiger partial charge in [-0.2, -0.15) is 15.0 Å². The van der Waals surface area contributed by atoms with E-state index >= 15 is 0 Å². The first-order chi connectivity index (χ1) is 20.6. The molecule has 2 N–H and O–H groups in total. The number of fused-ring (bicyclic) bond motifs is 1. The Morgan fingerprint density at radius 1 is 0.833 bits per heavy atom. The number of piperazine rings is 1. The van der Waals surface area contributed by atoms with E-state index in [-0.39, 0.29) is 12.6 Å². The molecule has 0 unspecified atom stereocenters. The fourth-order valence-corrected chi connectivity index (χ4v) is 4.90. The molecule has 1 aliphatic heterocycles. The largest absolute Gasteiger partial charge is 0.480 e. The Kier molecular flexibility index (Phi) is 8.14. The molecular formula is C32H31N7O3. The van der Waals surface area contributed by atoms with Gasteiger partial charge in [0.15, 0.2) is 11.9 Å². The third-order valence-electron chi connectivity index (χ3n) is 7.16. The predicted molar refractivity (Wildman–Crippen MR) is 163 cm³/mol. The van der Waals surface area contributed by atoms with Crippen LogP contribution in [0.3, 0.4) is 0 Å². The maximum Gasteiger partial charge on any atom is 0.328 e. The van der Waals surface area contributed by atoms with Gasteiger partial charge in [0, 0.05) is 37.9 Å². The van der Waals surface area contributed by atoms with Crippen molar-refractivity contribution in [1.29, 1.82) is 0 Å². The van der Waals surface area contributed by atoms with Crippen molar-refractivity contribution < 1.29 is 14.6 Å². The van der Waals surface area contributed by atoms with Gasteiger partial charge in [-0.25, -0.2) is 9.78 Å². The minimum absolute atomic E-state index is 0.0562. The number of aromatic nitrogens is 4. The molecule has 0 spiro atoms. The molecule has 0 amide bonds. The molecule has 2 aromatic heterocycles. The van der Waals surface area contributed by atoms with E-state index in [2.05, 4.69) is 36.1 Å². The zero-order valence-electron chi connectivity index (χ0n) is 23.0. The topological polar surface area (TPSA) is 117 Å². The van der Waals surface area contributed by atoms with Crippen LogP contribution >= 0.6 is 0 Å². The van der Waals surface area contributed by atoms with Crippen LogP contribution in [0.15, 0.2) is 97.2 Å². The Bertz CT molecular complexity index is 1640. The number of carbonyl (C=O) groups is 1. The molecule has 10 heteroatoms. The van der Waals surface area contributed by atoms with Gasteiger partial charge in [0.05, 0.1) is 13.2 Å². The standard InChI is InChI=1S/C32H31N7O3/c40-30(41)27(22-42-21-23-8-2-1-3-9-23)34-31-35-29(26-14-13-24-10-4-5-11-25(24)20-26)36-32(37-31)39-18-16-38(17-19-39)28-12-6-7-15-33-28/h1-15,20,27H,16-19,21-22H2,(H,40,41)(H,34,35,36,37)/t27-/m0/s1. The van der Waals surface area contributed by atoms with Gasteiger partial charge in [-0.1, -0.05) is 72.8 Å². The Labute approximate surface area is 243 Å². The smallest absolute Gasteiger partial charge is 0.328 e. The van der Waals surface area contributed by atoms with Crippen molar-refractivity contribution in [2.45, 2.75) is 12.6 Å². The Morgan fingerprint density at radius 3 is 2.33 bits per heavy atom. The second-order valence-corrected chi connectivity index (χ2v) is 10.0. The lowest BCUT2D eigenvalue weighted by molar-refractivity contribution is -0.139. The number of pyridine rings is 1. The zero-order valence-corrected chi connectivity index (χ0v) is 23.0. The molecule has 212 valence electrons. The summed E-state index contributed by atoms with van der Waals surface area (Å²) in [6.45, 7) is 3.11. The average molecular weight is 562 g/mol. The lowest BCUT2D eigenvalue weighted by atomic mass is 10.1.